The third-order valence-corrected chi connectivity index (χ3v) is 5.60. The lowest BCUT2D eigenvalue weighted by molar-refractivity contribution is -0.117. The van der Waals surface area contributed by atoms with E-state index in [1.54, 1.807) is 19.2 Å². The van der Waals surface area contributed by atoms with Gasteiger partial charge < -0.3 is 15.2 Å². The number of H-pyrrole nitrogens is 1. The van der Waals surface area contributed by atoms with E-state index in [9.17, 15) is 14.4 Å². The second-order valence-electron chi connectivity index (χ2n) is 7.26. The summed E-state index contributed by atoms with van der Waals surface area (Å²) in [5.41, 5.74) is 0.412. The molecule has 0 radical (unpaired) electrons. The molecule has 1 aliphatic rings. The largest absolute Gasteiger partial charge is 0.340 e. The minimum absolute atomic E-state index is 0.126. The maximum atomic E-state index is 12.3. The number of aromatic nitrogens is 4. The average Bonchev–Trinajstić information content (AvgIpc) is 3.18. The van der Waals surface area contributed by atoms with Crippen LogP contribution in [-0.2, 0) is 18.9 Å². The molecule has 158 valence electrons. The van der Waals surface area contributed by atoms with E-state index in [-0.39, 0.29) is 12.5 Å². The van der Waals surface area contributed by atoms with Crippen molar-refractivity contribution in [3.63, 3.8) is 0 Å². The highest BCUT2D eigenvalue weighted by Crippen LogP contribution is 2.20. The highest BCUT2D eigenvalue weighted by atomic mass is 35.5. The molecule has 0 saturated carbocycles. The van der Waals surface area contributed by atoms with E-state index in [0.29, 0.717) is 54.0 Å². The van der Waals surface area contributed by atoms with E-state index in [2.05, 4.69) is 15.3 Å². The van der Waals surface area contributed by atoms with E-state index in [1.807, 2.05) is 21.9 Å². The molecule has 3 heterocycles. The van der Waals surface area contributed by atoms with Crippen molar-refractivity contribution >= 4 is 40.3 Å². The third-order valence-electron chi connectivity index (χ3n) is 5.27. The molecule has 3 aromatic rings. The quantitative estimate of drug-likeness (QED) is 0.618. The molecule has 4 rings (SSSR count). The maximum absolute atomic E-state index is 12.3. The first-order valence-electron chi connectivity index (χ1n) is 9.52. The molecule has 30 heavy (non-hydrogen) atoms. The van der Waals surface area contributed by atoms with Crippen molar-refractivity contribution in [1.82, 2.24) is 24.0 Å². The van der Waals surface area contributed by atoms with Gasteiger partial charge in [0.15, 0.2) is 11.2 Å². The Balaban J connectivity index is 1.41. The molecule has 1 fully saturated rings. The van der Waals surface area contributed by atoms with Gasteiger partial charge in [0.25, 0.3) is 5.56 Å². The number of benzene rings is 1. The molecule has 2 aromatic heterocycles. The fraction of sp³-hybridized carbons (Fsp3) is 0.368. The zero-order valence-electron chi connectivity index (χ0n) is 16.7. The van der Waals surface area contributed by atoms with Crippen molar-refractivity contribution in [2.24, 2.45) is 14.1 Å². The Bertz CT molecular complexity index is 1220. The van der Waals surface area contributed by atoms with Crippen molar-refractivity contribution in [3.05, 3.63) is 50.1 Å². The summed E-state index contributed by atoms with van der Waals surface area (Å²) in [4.78, 5) is 48.3. The molecule has 0 unspecified atom stereocenters. The minimum atomic E-state index is -0.417. The highest BCUT2D eigenvalue weighted by Gasteiger charge is 2.23. The first-order valence-corrected chi connectivity index (χ1v) is 9.90. The van der Waals surface area contributed by atoms with E-state index in [1.165, 1.54) is 11.6 Å². The van der Waals surface area contributed by atoms with Crippen molar-refractivity contribution in [2.45, 2.75) is 0 Å². The highest BCUT2D eigenvalue weighted by molar-refractivity contribution is 6.33. The second-order valence-corrected chi connectivity index (χ2v) is 7.66. The normalized spacial score (nSPS) is 15.0. The van der Waals surface area contributed by atoms with Crippen LogP contribution in [0.4, 0.5) is 11.6 Å². The lowest BCUT2D eigenvalue weighted by Gasteiger charge is -2.34. The van der Waals surface area contributed by atoms with Crippen LogP contribution < -0.4 is 21.5 Å². The number of rotatable bonds is 4. The molecule has 0 spiro atoms. The van der Waals surface area contributed by atoms with Crippen LogP contribution in [-0.4, -0.2) is 62.6 Å². The molecule has 11 heteroatoms. The predicted molar refractivity (Wildman–Crippen MR) is 115 cm³/mol. The SMILES string of the molecule is Cn1c(=O)c2[nH]c(N3CCN(CC(=O)Nc4ccccc4Cl)CC3)nc2n(C)c1=O. The van der Waals surface area contributed by atoms with Gasteiger partial charge in [-0.2, -0.15) is 4.98 Å². The van der Waals surface area contributed by atoms with E-state index >= 15 is 0 Å². The molecular weight excluding hydrogens is 410 g/mol. The number of halogens is 1. The van der Waals surface area contributed by atoms with Gasteiger partial charge in [0.2, 0.25) is 11.9 Å². The zero-order chi connectivity index (χ0) is 21.4. The van der Waals surface area contributed by atoms with Gasteiger partial charge in [0.05, 0.1) is 17.3 Å². The number of amides is 1. The third kappa shape index (κ3) is 3.71. The smallest absolute Gasteiger partial charge is 0.332 e. The number of fused-ring (bicyclic) bond motifs is 1. The van der Waals surface area contributed by atoms with Gasteiger partial charge in [-0.05, 0) is 12.1 Å². The van der Waals surface area contributed by atoms with Crippen LogP contribution in [0.5, 0.6) is 0 Å². The summed E-state index contributed by atoms with van der Waals surface area (Å²) in [6.45, 7) is 2.84. The number of para-hydroxylation sites is 1. The number of aryl methyl sites for hydroxylation is 1. The van der Waals surface area contributed by atoms with E-state index in [4.69, 9.17) is 11.6 Å². The number of nitrogens with zero attached hydrogens (tertiary/aromatic N) is 5. The number of hydrogen-bond acceptors (Lipinski definition) is 6. The fourth-order valence-corrected chi connectivity index (χ4v) is 3.72. The Morgan fingerprint density at radius 3 is 2.53 bits per heavy atom. The second kappa shape index (κ2) is 7.96. The Kier molecular flexibility index (Phi) is 5.35. The molecule has 10 nitrogen and oxygen atoms in total. The van der Waals surface area contributed by atoms with Crippen molar-refractivity contribution in [2.75, 3.05) is 42.9 Å². The molecule has 1 amide bonds. The molecule has 0 atom stereocenters. The molecule has 1 aliphatic heterocycles. The van der Waals surface area contributed by atoms with Crippen molar-refractivity contribution in [1.29, 1.82) is 0 Å². The molecule has 2 N–H and O–H groups in total. The number of piperazine rings is 1. The van der Waals surface area contributed by atoms with Crippen LogP contribution in [0.1, 0.15) is 0 Å². The summed E-state index contributed by atoms with van der Waals surface area (Å²) >= 11 is 6.08. The van der Waals surface area contributed by atoms with Gasteiger partial charge >= 0.3 is 5.69 Å². The molecule has 0 bridgehead atoms. The van der Waals surface area contributed by atoms with Gasteiger partial charge in [0, 0.05) is 40.3 Å². The molecule has 0 aliphatic carbocycles. The maximum Gasteiger partial charge on any atom is 0.332 e. The Morgan fingerprint density at radius 1 is 1.13 bits per heavy atom. The Morgan fingerprint density at radius 2 is 1.83 bits per heavy atom. The van der Waals surface area contributed by atoms with E-state index in [0.717, 1.165) is 4.57 Å². The number of hydrogen-bond donors (Lipinski definition) is 2. The number of carbonyl (C=O) groups excluding carboxylic acids is 1. The summed E-state index contributed by atoms with van der Waals surface area (Å²) in [6, 6.07) is 7.11. The molecular formula is C19H22ClN7O3. The van der Waals surface area contributed by atoms with Gasteiger partial charge in [-0.25, -0.2) is 4.79 Å². The van der Waals surface area contributed by atoms with Crippen LogP contribution in [0.25, 0.3) is 11.2 Å². The Hall–Kier alpha value is -3.11. The van der Waals surface area contributed by atoms with Crippen LogP contribution in [0, 0.1) is 0 Å². The van der Waals surface area contributed by atoms with Gasteiger partial charge in [0.1, 0.15) is 0 Å². The number of imidazole rings is 1. The summed E-state index contributed by atoms with van der Waals surface area (Å²) < 4.78 is 2.41. The van der Waals surface area contributed by atoms with Gasteiger partial charge in [-0.3, -0.25) is 23.6 Å². The monoisotopic (exact) mass is 431 g/mol. The van der Waals surface area contributed by atoms with Crippen LogP contribution in [0.2, 0.25) is 5.02 Å². The lowest BCUT2D eigenvalue weighted by Crippen LogP contribution is -2.49. The standard InChI is InChI=1S/C19H22ClN7O3/c1-24-16-15(17(29)25(2)19(24)30)22-18(23-16)27-9-7-26(8-10-27)11-14(28)21-13-6-4-3-5-12(13)20/h3-6H,7-11H2,1-2H3,(H,21,28)(H,22,23). The average molecular weight is 432 g/mol. The number of nitrogens with one attached hydrogen (secondary N) is 2. The van der Waals surface area contributed by atoms with E-state index < -0.39 is 11.2 Å². The zero-order valence-corrected chi connectivity index (χ0v) is 17.4. The fourth-order valence-electron chi connectivity index (χ4n) is 3.54. The van der Waals surface area contributed by atoms with Crippen molar-refractivity contribution in [3.8, 4) is 0 Å². The molecule has 1 aromatic carbocycles. The summed E-state index contributed by atoms with van der Waals surface area (Å²) in [6.07, 6.45) is 0. The van der Waals surface area contributed by atoms with Crippen LogP contribution >= 0.6 is 11.6 Å². The number of carbonyl (C=O) groups is 1. The summed E-state index contributed by atoms with van der Waals surface area (Å²) in [5, 5.41) is 3.33. The van der Waals surface area contributed by atoms with Crippen LogP contribution in [0.15, 0.2) is 33.9 Å². The topological polar surface area (TPSA) is 108 Å². The number of aromatic amines is 1. The van der Waals surface area contributed by atoms with Crippen LogP contribution in [0.3, 0.4) is 0 Å². The lowest BCUT2D eigenvalue weighted by atomic mass is 10.3. The predicted octanol–water partition coefficient (Wildman–Crippen LogP) is 0.374. The number of anilines is 2. The summed E-state index contributed by atoms with van der Waals surface area (Å²) in [5.74, 6) is 0.419. The molecule has 1 saturated heterocycles. The summed E-state index contributed by atoms with van der Waals surface area (Å²) in [7, 11) is 3.03. The first kappa shape index (κ1) is 20.2. The van der Waals surface area contributed by atoms with Gasteiger partial charge in [-0.1, -0.05) is 23.7 Å². The van der Waals surface area contributed by atoms with Gasteiger partial charge in [-0.15, -0.1) is 0 Å². The van der Waals surface area contributed by atoms with Crippen molar-refractivity contribution < 1.29 is 4.79 Å². The minimum Gasteiger partial charge on any atom is -0.340 e. The Labute approximate surface area is 176 Å². The first-order chi connectivity index (χ1) is 14.3.